The molecule has 108 valence electrons. The van der Waals surface area contributed by atoms with Crippen molar-refractivity contribution >= 4 is 27.6 Å². The molecule has 0 aliphatic rings. The highest BCUT2D eigenvalue weighted by Gasteiger charge is 2.10. The van der Waals surface area contributed by atoms with E-state index in [0.29, 0.717) is 12.3 Å². The fourth-order valence-electron chi connectivity index (χ4n) is 2.74. The number of phenolic OH excluding ortho intramolecular Hbond substituents is 1. The van der Waals surface area contributed by atoms with Crippen molar-refractivity contribution in [3.63, 3.8) is 0 Å². The first-order valence-corrected chi connectivity index (χ1v) is 7.24. The summed E-state index contributed by atoms with van der Waals surface area (Å²) in [7, 11) is 0. The van der Waals surface area contributed by atoms with E-state index in [1.54, 1.807) is 6.07 Å². The van der Waals surface area contributed by atoms with Gasteiger partial charge in [-0.15, -0.1) is 0 Å². The van der Waals surface area contributed by atoms with Crippen LogP contribution in [-0.4, -0.2) is 5.11 Å². The molecule has 4 aromatic rings. The number of para-hydroxylation sites is 3. The van der Waals surface area contributed by atoms with Crippen LogP contribution in [0.4, 0.5) is 5.69 Å². The van der Waals surface area contributed by atoms with E-state index in [1.165, 1.54) is 0 Å². The Kier molecular flexibility index (Phi) is 2.97. The zero-order chi connectivity index (χ0) is 14.9. The number of fused-ring (bicyclic) bond motifs is 3. The molecule has 0 saturated carbocycles. The SMILES string of the molecule is Oc1ccccc1CNc1cccc2c1oc1ccccc12. The van der Waals surface area contributed by atoms with E-state index in [0.717, 1.165) is 33.2 Å². The summed E-state index contributed by atoms with van der Waals surface area (Å²) in [4.78, 5) is 0. The molecule has 0 aliphatic heterocycles. The molecule has 0 saturated heterocycles. The minimum absolute atomic E-state index is 0.298. The highest BCUT2D eigenvalue weighted by molar-refractivity contribution is 6.08. The van der Waals surface area contributed by atoms with Crippen molar-refractivity contribution in [2.24, 2.45) is 0 Å². The molecule has 0 fully saturated rings. The molecule has 4 rings (SSSR count). The van der Waals surface area contributed by atoms with Gasteiger partial charge in [0.1, 0.15) is 11.3 Å². The Morgan fingerprint density at radius 1 is 0.818 bits per heavy atom. The topological polar surface area (TPSA) is 45.4 Å². The zero-order valence-electron chi connectivity index (χ0n) is 11.9. The molecule has 0 bridgehead atoms. The molecule has 0 unspecified atom stereocenters. The Morgan fingerprint density at radius 3 is 2.50 bits per heavy atom. The summed E-state index contributed by atoms with van der Waals surface area (Å²) in [6.07, 6.45) is 0. The Morgan fingerprint density at radius 2 is 1.59 bits per heavy atom. The van der Waals surface area contributed by atoms with E-state index in [4.69, 9.17) is 4.42 Å². The molecule has 3 nitrogen and oxygen atoms in total. The number of rotatable bonds is 3. The summed E-state index contributed by atoms with van der Waals surface area (Å²) in [5, 5.41) is 15.4. The summed E-state index contributed by atoms with van der Waals surface area (Å²) in [5.74, 6) is 0.298. The van der Waals surface area contributed by atoms with Crippen LogP contribution >= 0.6 is 0 Å². The number of hydrogen-bond donors (Lipinski definition) is 2. The van der Waals surface area contributed by atoms with Gasteiger partial charge in [-0.1, -0.05) is 48.5 Å². The first-order valence-electron chi connectivity index (χ1n) is 7.24. The van der Waals surface area contributed by atoms with E-state index < -0.39 is 0 Å². The van der Waals surface area contributed by atoms with Gasteiger partial charge < -0.3 is 14.8 Å². The second-order valence-electron chi connectivity index (χ2n) is 5.26. The summed E-state index contributed by atoms with van der Waals surface area (Å²) >= 11 is 0. The lowest BCUT2D eigenvalue weighted by Crippen LogP contribution is -1.99. The highest BCUT2D eigenvalue weighted by Crippen LogP contribution is 2.33. The number of anilines is 1. The van der Waals surface area contributed by atoms with Gasteiger partial charge in [-0.25, -0.2) is 0 Å². The lowest BCUT2D eigenvalue weighted by molar-refractivity contribution is 0.469. The molecule has 3 aromatic carbocycles. The molecule has 0 atom stereocenters. The maximum Gasteiger partial charge on any atom is 0.158 e. The van der Waals surface area contributed by atoms with Crippen LogP contribution in [-0.2, 0) is 6.54 Å². The van der Waals surface area contributed by atoms with Crippen LogP contribution in [0, 0.1) is 0 Å². The minimum atomic E-state index is 0.298. The maximum absolute atomic E-state index is 9.85. The van der Waals surface area contributed by atoms with Crippen LogP contribution in [0.1, 0.15) is 5.56 Å². The van der Waals surface area contributed by atoms with E-state index in [9.17, 15) is 5.11 Å². The van der Waals surface area contributed by atoms with Crippen LogP contribution in [0.3, 0.4) is 0 Å². The minimum Gasteiger partial charge on any atom is -0.508 e. The molecule has 1 heterocycles. The van der Waals surface area contributed by atoms with Crippen molar-refractivity contribution < 1.29 is 9.52 Å². The van der Waals surface area contributed by atoms with Crippen LogP contribution in [0.5, 0.6) is 5.75 Å². The van der Waals surface area contributed by atoms with Gasteiger partial charge in [0.15, 0.2) is 5.58 Å². The molecule has 22 heavy (non-hydrogen) atoms. The molecule has 0 spiro atoms. The summed E-state index contributed by atoms with van der Waals surface area (Å²) < 4.78 is 5.98. The fourth-order valence-corrected chi connectivity index (χ4v) is 2.74. The standard InChI is InChI=1S/C19H15NO2/c21-17-10-3-1-6-13(17)12-20-16-9-5-8-15-14-7-2-4-11-18(14)22-19(15)16/h1-11,20-21H,12H2. The van der Waals surface area contributed by atoms with Crippen LogP contribution in [0.25, 0.3) is 21.9 Å². The van der Waals surface area contributed by atoms with E-state index >= 15 is 0 Å². The average Bonchev–Trinajstić information content (AvgIpc) is 2.93. The summed E-state index contributed by atoms with van der Waals surface area (Å²) in [6, 6.07) is 21.4. The van der Waals surface area contributed by atoms with Crippen molar-refractivity contribution in [2.75, 3.05) is 5.32 Å². The van der Waals surface area contributed by atoms with E-state index in [2.05, 4.69) is 17.4 Å². The second-order valence-corrected chi connectivity index (χ2v) is 5.26. The Hall–Kier alpha value is -2.94. The van der Waals surface area contributed by atoms with Crippen molar-refractivity contribution in [3.05, 3.63) is 72.3 Å². The number of benzene rings is 3. The van der Waals surface area contributed by atoms with Crippen molar-refractivity contribution in [1.29, 1.82) is 0 Å². The molecule has 0 amide bonds. The molecule has 1 aromatic heterocycles. The third-order valence-electron chi connectivity index (χ3n) is 3.87. The number of hydrogen-bond acceptors (Lipinski definition) is 3. The van der Waals surface area contributed by atoms with Crippen molar-refractivity contribution in [2.45, 2.75) is 6.54 Å². The molecule has 2 N–H and O–H groups in total. The van der Waals surface area contributed by atoms with E-state index in [1.807, 2.05) is 48.5 Å². The zero-order valence-corrected chi connectivity index (χ0v) is 11.9. The van der Waals surface area contributed by atoms with Crippen LogP contribution in [0.15, 0.2) is 71.1 Å². The van der Waals surface area contributed by atoms with Crippen molar-refractivity contribution in [3.8, 4) is 5.75 Å². The quantitative estimate of drug-likeness (QED) is 0.563. The average molecular weight is 289 g/mol. The first-order chi connectivity index (χ1) is 10.8. The number of nitrogens with one attached hydrogen (secondary N) is 1. The van der Waals surface area contributed by atoms with Gasteiger partial charge in [-0.3, -0.25) is 0 Å². The fraction of sp³-hybridized carbons (Fsp3) is 0.0526. The Balaban J connectivity index is 1.74. The van der Waals surface area contributed by atoms with Crippen LogP contribution in [0.2, 0.25) is 0 Å². The number of phenols is 1. The summed E-state index contributed by atoms with van der Waals surface area (Å²) in [6.45, 7) is 0.544. The number of aromatic hydroxyl groups is 1. The Bertz CT molecular complexity index is 956. The van der Waals surface area contributed by atoms with Gasteiger partial charge in [-0.05, 0) is 18.2 Å². The molecule has 3 heteroatoms. The van der Waals surface area contributed by atoms with Gasteiger partial charge in [0.05, 0.1) is 5.69 Å². The Labute approximate surface area is 127 Å². The van der Waals surface area contributed by atoms with Gasteiger partial charge >= 0.3 is 0 Å². The lowest BCUT2D eigenvalue weighted by atomic mass is 10.1. The second kappa shape index (κ2) is 5.11. The molecule has 0 aliphatic carbocycles. The first kappa shape index (κ1) is 12.8. The van der Waals surface area contributed by atoms with Crippen molar-refractivity contribution in [1.82, 2.24) is 0 Å². The molecular weight excluding hydrogens is 274 g/mol. The predicted molar refractivity (Wildman–Crippen MR) is 89.2 cm³/mol. The monoisotopic (exact) mass is 289 g/mol. The largest absolute Gasteiger partial charge is 0.508 e. The summed E-state index contributed by atoms with van der Waals surface area (Å²) in [5.41, 5.74) is 3.51. The lowest BCUT2D eigenvalue weighted by Gasteiger charge is -2.08. The predicted octanol–water partition coefficient (Wildman–Crippen LogP) is 4.90. The smallest absolute Gasteiger partial charge is 0.158 e. The number of furan rings is 1. The maximum atomic E-state index is 9.85. The normalized spacial score (nSPS) is 11.1. The molecular formula is C19H15NO2. The van der Waals surface area contributed by atoms with E-state index in [-0.39, 0.29) is 0 Å². The van der Waals surface area contributed by atoms with Gasteiger partial charge in [-0.2, -0.15) is 0 Å². The highest BCUT2D eigenvalue weighted by atomic mass is 16.3. The third kappa shape index (κ3) is 2.07. The molecule has 0 radical (unpaired) electrons. The van der Waals surface area contributed by atoms with Gasteiger partial charge in [0.2, 0.25) is 0 Å². The van der Waals surface area contributed by atoms with Gasteiger partial charge in [0, 0.05) is 22.9 Å². The third-order valence-corrected chi connectivity index (χ3v) is 3.87. The van der Waals surface area contributed by atoms with Crippen LogP contribution < -0.4 is 5.32 Å². The van der Waals surface area contributed by atoms with Gasteiger partial charge in [0.25, 0.3) is 0 Å².